The third-order valence-corrected chi connectivity index (χ3v) is 10.3. The van der Waals surface area contributed by atoms with Crippen molar-refractivity contribution in [3.63, 3.8) is 0 Å². The number of carbonyl (C=O) groups is 3. The van der Waals surface area contributed by atoms with Gasteiger partial charge in [-0.3, -0.25) is 19.3 Å². The van der Waals surface area contributed by atoms with Gasteiger partial charge in [0.15, 0.2) is 0 Å². The largest absolute Gasteiger partial charge is 0.463 e. The van der Waals surface area contributed by atoms with E-state index in [1.165, 1.54) is 77.0 Å². The van der Waals surface area contributed by atoms with Crippen molar-refractivity contribution < 1.29 is 29.3 Å². The Labute approximate surface area is 342 Å². The number of amides is 2. The van der Waals surface area contributed by atoms with Crippen molar-refractivity contribution in [2.45, 2.75) is 199 Å². The number of nitrogens with one attached hydrogen (secondary N) is 2. The van der Waals surface area contributed by atoms with Gasteiger partial charge in [0.2, 0.25) is 11.8 Å². The number of ether oxygens (including phenoxy) is 1. The maximum Gasteiger partial charge on any atom is 0.305 e. The Bertz CT molecular complexity index is 1080. The molecule has 56 heavy (non-hydrogen) atoms. The number of allylic oxidation sites excluding steroid dienone is 8. The number of likely N-dealkylation sites (tertiary alicyclic amines) is 1. The van der Waals surface area contributed by atoms with Crippen LogP contribution in [0.5, 0.6) is 0 Å². The van der Waals surface area contributed by atoms with Crippen molar-refractivity contribution in [1.29, 1.82) is 0 Å². The Hall–Kier alpha value is -2.75. The molecule has 1 saturated heterocycles. The zero-order valence-corrected chi connectivity index (χ0v) is 35.7. The summed E-state index contributed by atoms with van der Waals surface area (Å²) >= 11 is 0. The van der Waals surface area contributed by atoms with Crippen LogP contribution in [0.4, 0.5) is 0 Å². The van der Waals surface area contributed by atoms with Gasteiger partial charge in [-0.05, 0) is 83.6 Å². The summed E-state index contributed by atoms with van der Waals surface area (Å²) in [4.78, 5) is 40.4. The van der Waals surface area contributed by atoms with Crippen molar-refractivity contribution >= 4 is 17.8 Å². The number of aliphatic hydroxyl groups excluding tert-OH is 2. The van der Waals surface area contributed by atoms with Crippen LogP contribution in [0.3, 0.4) is 0 Å². The predicted molar refractivity (Wildman–Crippen MR) is 232 cm³/mol. The van der Waals surface area contributed by atoms with Crippen LogP contribution >= 0.6 is 0 Å². The Morgan fingerprint density at radius 1 is 0.607 bits per heavy atom. The fourth-order valence-corrected chi connectivity index (χ4v) is 6.71. The average Bonchev–Trinajstić information content (AvgIpc) is 3.51. The zero-order valence-electron chi connectivity index (χ0n) is 35.7. The van der Waals surface area contributed by atoms with Crippen molar-refractivity contribution in [2.24, 2.45) is 0 Å². The van der Waals surface area contributed by atoms with Gasteiger partial charge in [0, 0.05) is 32.5 Å². The molecule has 3 unspecified atom stereocenters. The fourth-order valence-electron chi connectivity index (χ4n) is 6.71. The minimum atomic E-state index is -0.947. The summed E-state index contributed by atoms with van der Waals surface area (Å²) in [7, 11) is 0. The third-order valence-electron chi connectivity index (χ3n) is 10.3. The molecular formula is C47H83N3O6. The molecule has 1 heterocycles. The molecule has 0 aromatic heterocycles. The second kappa shape index (κ2) is 37.8. The van der Waals surface area contributed by atoms with Crippen LogP contribution in [0.1, 0.15) is 181 Å². The number of hydrogen-bond donors (Lipinski definition) is 4. The van der Waals surface area contributed by atoms with E-state index in [9.17, 15) is 24.6 Å². The lowest BCUT2D eigenvalue weighted by atomic mass is 10.1. The minimum Gasteiger partial charge on any atom is -0.463 e. The highest BCUT2D eigenvalue weighted by molar-refractivity contribution is 5.88. The summed E-state index contributed by atoms with van der Waals surface area (Å²) in [6.45, 7) is 6.11. The van der Waals surface area contributed by atoms with Gasteiger partial charge in [0.25, 0.3) is 0 Å². The predicted octanol–water partition coefficient (Wildman–Crippen LogP) is 9.58. The van der Waals surface area contributed by atoms with Gasteiger partial charge in [0.1, 0.15) is 12.6 Å². The summed E-state index contributed by atoms with van der Waals surface area (Å²) in [5, 5.41) is 25.3. The van der Waals surface area contributed by atoms with Gasteiger partial charge in [-0.15, -0.1) is 0 Å². The van der Waals surface area contributed by atoms with Crippen LogP contribution in [0.25, 0.3) is 0 Å². The van der Waals surface area contributed by atoms with Crippen molar-refractivity contribution in [3.05, 3.63) is 48.6 Å². The molecule has 3 atom stereocenters. The van der Waals surface area contributed by atoms with E-state index in [0.29, 0.717) is 39.0 Å². The highest BCUT2D eigenvalue weighted by Gasteiger charge is 2.29. The zero-order chi connectivity index (χ0) is 40.7. The summed E-state index contributed by atoms with van der Waals surface area (Å²) in [6, 6.07) is -0.947. The number of aliphatic hydroxyl groups is 2. The van der Waals surface area contributed by atoms with E-state index in [1.54, 1.807) is 0 Å². The second-order valence-corrected chi connectivity index (χ2v) is 15.7. The number of hydrogen-bond acceptors (Lipinski definition) is 7. The number of carbonyl (C=O) groups excluding carboxylic acids is 3. The normalized spacial score (nSPS) is 16.9. The van der Waals surface area contributed by atoms with Crippen LogP contribution in [0.15, 0.2) is 48.6 Å². The number of unbranched alkanes of at least 4 members (excludes halogenated alkanes) is 17. The summed E-state index contributed by atoms with van der Waals surface area (Å²) in [6.07, 6.45) is 43.6. The molecule has 0 spiro atoms. The van der Waals surface area contributed by atoms with Crippen LogP contribution < -0.4 is 10.6 Å². The number of nitrogens with zero attached hydrogens (tertiary/aromatic N) is 1. The Balaban J connectivity index is 2.29. The second-order valence-electron chi connectivity index (χ2n) is 15.7. The molecular weight excluding hydrogens is 703 g/mol. The fraction of sp³-hybridized carbons (Fsp3) is 0.766. The first kappa shape index (κ1) is 51.3. The SMILES string of the molecule is CCCC/C=C\C/C=C\CCCCCCCCC(=O)OCC(NC(=O)CCCN1CC(O)C(O)C1)C(=O)NCCCCCCCC/C=C\C/C=C\CCCCC. The lowest BCUT2D eigenvalue weighted by molar-refractivity contribution is -0.146. The Morgan fingerprint density at radius 2 is 1.09 bits per heavy atom. The molecule has 9 nitrogen and oxygen atoms in total. The molecule has 2 amide bonds. The molecule has 322 valence electrons. The molecule has 1 fully saturated rings. The molecule has 0 radical (unpaired) electrons. The van der Waals surface area contributed by atoms with E-state index < -0.39 is 18.2 Å². The van der Waals surface area contributed by atoms with E-state index in [2.05, 4.69) is 73.1 Å². The molecule has 1 aliphatic rings. The molecule has 0 aromatic rings. The van der Waals surface area contributed by atoms with Crippen LogP contribution in [0, 0.1) is 0 Å². The quantitative estimate of drug-likeness (QED) is 0.0281. The average molecular weight is 786 g/mol. The number of rotatable bonds is 37. The van der Waals surface area contributed by atoms with Crippen LogP contribution in [0.2, 0.25) is 0 Å². The molecule has 0 bridgehead atoms. The molecule has 1 rings (SSSR count). The first-order valence-electron chi connectivity index (χ1n) is 22.8. The van der Waals surface area contributed by atoms with E-state index in [4.69, 9.17) is 4.74 Å². The first-order chi connectivity index (χ1) is 27.4. The summed E-state index contributed by atoms with van der Waals surface area (Å²) in [5.74, 6) is -0.968. The standard InChI is InChI=1S/C47H83N3O6/c1-3-5-7-9-11-13-15-17-19-21-23-25-27-29-31-33-37-48-47(55)42(49-45(53)35-34-38-50-39-43(51)44(52)40-50)41-56-46(54)36-32-30-28-26-24-22-20-18-16-14-12-10-8-6-4-2/h10-13,16-19,42-44,51-52H,3-9,14-15,20-41H2,1-2H3,(H,48,55)(H,49,53)/b12-10-,13-11-,18-16-,19-17-. The molecule has 4 N–H and O–H groups in total. The van der Waals surface area contributed by atoms with Gasteiger partial charge < -0.3 is 25.6 Å². The molecule has 0 saturated carbocycles. The highest BCUT2D eigenvalue weighted by Crippen LogP contribution is 2.12. The van der Waals surface area contributed by atoms with Gasteiger partial charge in [0.05, 0.1) is 12.2 Å². The van der Waals surface area contributed by atoms with Crippen LogP contribution in [-0.4, -0.2) is 83.9 Å². The smallest absolute Gasteiger partial charge is 0.305 e. The minimum absolute atomic E-state index is 0.188. The van der Waals surface area contributed by atoms with E-state index in [0.717, 1.165) is 70.6 Å². The molecule has 9 heteroatoms. The van der Waals surface area contributed by atoms with Gasteiger partial charge in [-0.2, -0.15) is 0 Å². The maximum atomic E-state index is 13.1. The molecule has 0 aliphatic carbocycles. The Kier molecular flexibility index (Phi) is 34.6. The lowest BCUT2D eigenvalue weighted by Gasteiger charge is -2.19. The monoisotopic (exact) mass is 786 g/mol. The van der Waals surface area contributed by atoms with E-state index >= 15 is 0 Å². The van der Waals surface area contributed by atoms with Crippen molar-refractivity contribution in [1.82, 2.24) is 15.5 Å². The van der Waals surface area contributed by atoms with Crippen LogP contribution in [-0.2, 0) is 19.1 Å². The van der Waals surface area contributed by atoms with Gasteiger partial charge in [-0.1, -0.05) is 140 Å². The topological polar surface area (TPSA) is 128 Å². The maximum absolute atomic E-state index is 13.1. The van der Waals surface area contributed by atoms with Crippen molar-refractivity contribution in [3.8, 4) is 0 Å². The van der Waals surface area contributed by atoms with E-state index in [1.807, 2.05) is 4.90 Å². The molecule has 0 aromatic carbocycles. The summed E-state index contributed by atoms with van der Waals surface area (Å²) < 4.78 is 5.49. The lowest BCUT2D eigenvalue weighted by Crippen LogP contribution is -2.50. The Morgan fingerprint density at radius 3 is 1.64 bits per heavy atom. The number of esters is 1. The van der Waals surface area contributed by atoms with Gasteiger partial charge >= 0.3 is 5.97 Å². The highest BCUT2D eigenvalue weighted by atomic mass is 16.5. The third kappa shape index (κ3) is 31.3. The number of β-amino-alcohol motifs (C(OH)–C–C–N with tert-alkyl or cyclic N) is 2. The van der Waals surface area contributed by atoms with Crippen molar-refractivity contribution in [2.75, 3.05) is 32.8 Å². The van der Waals surface area contributed by atoms with Gasteiger partial charge in [-0.25, -0.2) is 0 Å². The molecule has 1 aliphatic heterocycles. The first-order valence-corrected chi connectivity index (χ1v) is 22.8. The summed E-state index contributed by atoms with van der Waals surface area (Å²) in [5.41, 5.74) is 0. The van der Waals surface area contributed by atoms with E-state index in [-0.39, 0.29) is 30.8 Å².